The van der Waals surface area contributed by atoms with Crippen molar-refractivity contribution in [3.8, 4) is 5.75 Å². The predicted octanol–water partition coefficient (Wildman–Crippen LogP) is 2.85. The second-order valence-corrected chi connectivity index (χ2v) is 5.45. The van der Waals surface area contributed by atoms with Crippen LogP contribution in [0.25, 0.3) is 10.9 Å². The van der Waals surface area contributed by atoms with Crippen LogP contribution in [0.5, 0.6) is 5.75 Å². The van der Waals surface area contributed by atoms with Crippen molar-refractivity contribution in [2.24, 2.45) is 7.05 Å². The Morgan fingerprint density at radius 1 is 0.962 bits per heavy atom. The molecule has 8 heteroatoms. The van der Waals surface area contributed by atoms with Crippen LogP contribution in [0.1, 0.15) is 20.7 Å². The van der Waals surface area contributed by atoms with Crippen molar-refractivity contribution in [2.75, 3.05) is 0 Å². The number of hydrogen-bond donors (Lipinski definition) is 2. The van der Waals surface area contributed by atoms with E-state index in [1.165, 1.54) is 24.3 Å². The quantitative estimate of drug-likeness (QED) is 0.704. The SMILES string of the molecule is Cn1cc(C(=O)NNC(=O)c2ccccc2OC(F)F)c2ccccc21. The van der Waals surface area contributed by atoms with Gasteiger partial charge in [-0.3, -0.25) is 20.4 Å². The third-order valence-corrected chi connectivity index (χ3v) is 3.78. The van der Waals surface area contributed by atoms with Gasteiger partial charge in [-0.1, -0.05) is 30.3 Å². The molecule has 0 aliphatic carbocycles. The van der Waals surface area contributed by atoms with Gasteiger partial charge in [0.25, 0.3) is 11.8 Å². The Bertz CT molecular complexity index is 969. The highest BCUT2D eigenvalue weighted by Gasteiger charge is 2.18. The molecule has 0 fully saturated rings. The van der Waals surface area contributed by atoms with Crippen molar-refractivity contribution < 1.29 is 23.1 Å². The molecule has 2 N–H and O–H groups in total. The van der Waals surface area contributed by atoms with Gasteiger partial charge in [0.05, 0.1) is 11.1 Å². The maximum atomic E-state index is 12.4. The molecule has 0 aliphatic rings. The molecule has 2 amide bonds. The summed E-state index contributed by atoms with van der Waals surface area (Å²) in [5, 5.41) is 0.725. The molecule has 0 unspecified atom stereocenters. The van der Waals surface area contributed by atoms with E-state index in [9.17, 15) is 18.4 Å². The number of aromatic nitrogens is 1. The first kappa shape index (κ1) is 17.4. The van der Waals surface area contributed by atoms with Crippen molar-refractivity contribution in [1.29, 1.82) is 0 Å². The second-order valence-electron chi connectivity index (χ2n) is 5.45. The Hall–Kier alpha value is -3.42. The highest BCUT2D eigenvalue weighted by Crippen LogP contribution is 2.21. The van der Waals surface area contributed by atoms with E-state index < -0.39 is 18.4 Å². The Kier molecular flexibility index (Phi) is 4.83. The summed E-state index contributed by atoms with van der Waals surface area (Å²) in [5.41, 5.74) is 5.62. The molecule has 0 spiro atoms. The standard InChI is InChI=1S/C18H15F2N3O3/c1-23-10-13(11-6-2-4-8-14(11)23)17(25)22-21-16(24)12-7-3-5-9-15(12)26-18(19)20/h2-10,18H,1H3,(H,21,24)(H,22,25). The number of ether oxygens (including phenoxy) is 1. The highest BCUT2D eigenvalue weighted by molar-refractivity contribution is 6.08. The number of amides is 2. The van der Waals surface area contributed by atoms with Crippen LogP contribution >= 0.6 is 0 Å². The van der Waals surface area contributed by atoms with E-state index in [-0.39, 0.29) is 11.3 Å². The average Bonchev–Trinajstić information content (AvgIpc) is 2.97. The summed E-state index contributed by atoms with van der Waals surface area (Å²) in [6.07, 6.45) is 1.64. The van der Waals surface area contributed by atoms with Gasteiger partial charge in [0.15, 0.2) is 0 Å². The molecule has 6 nitrogen and oxygen atoms in total. The van der Waals surface area contributed by atoms with Crippen molar-refractivity contribution in [3.63, 3.8) is 0 Å². The number of para-hydroxylation sites is 2. The lowest BCUT2D eigenvalue weighted by atomic mass is 10.1. The van der Waals surface area contributed by atoms with E-state index in [2.05, 4.69) is 15.6 Å². The molecule has 26 heavy (non-hydrogen) atoms. The van der Waals surface area contributed by atoms with Crippen LogP contribution in [0.3, 0.4) is 0 Å². The summed E-state index contributed by atoms with van der Waals surface area (Å²) in [5.74, 6) is -1.57. The smallest absolute Gasteiger partial charge is 0.387 e. The summed E-state index contributed by atoms with van der Waals surface area (Å²) in [6.45, 7) is -3.06. The number of rotatable bonds is 4. The molecule has 0 saturated carbocycles. The number of benzene rings is 2. The van der Waals surface area contributed by atoms with E-state index >= 15 is 0 Å². The minimum atomic E-state index is -3.06. The van der Waals surface area contributed by atoms with Crippen molar-refractivity contribution in [3.05, 3.63) is 65.9 Å². The fraction of sp³-hybridized carbons (Fsp3) is 0.111. The molecular weight excluding hydrogens is 344 g/mol. The van der Waals surface area contributed by atoms with E-state index in [1.807, 2.05) is 12.1 Å². The lowest BCUT2D eigenvalue weighted by molar-refractivity contribution is -0.0501. The summed E-state index contributed by atoms with van der Waals surface area (Å²) < 4.78 is 30.9. The summed E-state index contributed by atoms with van der Waals surface area (Å²) in [4.78, 5) is 24.6. The van der Waals surface area contributed by atoms with Crippen LogP contribution in [0.15, 0.2) is 54.7 Å². The van der Waals surface area contributed by atoms with Crippen LogP contribution in [-0.4, -0.2) is 23.0 Å². The molecule has 0 aliphatic heterocycles. The number of fused-ring (bicyclic) bond motifs is 1. The number of hydrazine groups is 1. The van der Waals surface area contributed by atoms with E-state index in [0.29, 0.717) is 5.56 Å². The van der Waals surface area contributed by atoms with Gasteiger partial charge < -0.3 is 9.30 Å². The minimum absolute atomic E-state index is 0.119. The number of aryl methyl sites for hydroxylation is 1. The van der Waals surface area contributed by atoms with Crippen molar-refractivity contribution >= 4 is 22.7 Å². The highest BCUT2D eigenvalue weighted by atomic mass is 19.3. The third kappa shape index (κ3) is 3.49. The lowest BCUT2D eigenvalue weighted by Crippen LogP contribution is -2.41. The molecule has 0 bridgehead atoms. The normalized spacial score (nSPS) is 10.8. The molecule has 134 valence electrons. The first-order valence-corrected chi connectivity index (χ1v) is 7.66. The molecule has 2 aromatic carbocycles. The number of carbonyl (C=O) groups excluding carboxylic acids is 2. The topological polar surface area (TPSA) is 72.4 Å². The van der Waals surface area contributed by atoms with Gasteiger partial charge in [0.2, 0.25) is 0 Å². The summed E-state index contributed by atoms with van der Waals surface area (Å²) in [6, 6.07) is 12.8. The molecule has 3 aromatic rings. The molecule has 0 atom stereocenters. The number of carbonyl (C=O) groups is 2. The Morgan fingerprint density at radius 3 is 2.31 bits per heavy atom. The van der Waals surface area contributed by atoms with Crippen LogP contribution in [0, 0.1) is 0 Å². The van der Waals surface area contributed by atoms with Gasteiger partial charge in [-0.05, 0) is 18.2 Å². The monoisotopic (exact) mass is 359 g/mol. The van der Waals surface area contributed by atoms with Gasteiger partial charge in [-0.2, -0.15) is 8.78 Å². The fourth-order valence-corrected chi connectivity index (χ4v) is 2.62. The first-order chi connectivity index (χ1) is 12.5. The van der Waals surface area contributed by atoms with E-state index in [0.717, 1.165) is 10.9 Å². The Labute approximate surface area is 147 Å². The molecular formula is C18H15F2N3O3. The first-order valence-electron chi connectivity index (χ1n) is 7.66. The maximum absolute atomic E-state index is 12.4. The Morgan fingerprint density at radius 2 is 1.58 bits per heavy atom. The van der Waals surface area contributed by atoms with E-state index in [4.69, 9.17) is 0 Å². The number of nitrogens with zero attached hydrogens (tertiary/aromatic N) is 1. The molecule has 0 radical (unpaired) electrons. The minimum Gasteiger partial charge on any atom is -0.434 e. The number of nitrogens with one attached hydrogen (secondary N) is 2. The molecule has 3 rings (SSSR count). The van der Waals surface area contributed by atoms with Gasteiger partial charge in [0, 0.05) is 24.1 Å². The molecule has 1 aromatic heterocycles. The third-order valence-electron chi connectivity index (χ3n) is 3.78. The fourth-order valence-electron chi connectivity index (χ4n) is 2.62. The van der Waals surface area contributed by atoms with Gasteiger partial charge in [0.1, 0.15) is 5.75 Å². The number of hydrogen-bond acceptors (Lipinski definition) is 3. The van der Waals surface area contributed by atoms with Crippen LogP contribution in [-0.2, 0) is 7.05 Å². The zero-order valence-electron chi connectivity index (χ0n) is 13.7. The van der Waals surface area contributed by atoms with Crippen molar-refractivity contribution in [1.82, 2.24) is 15.4 Å². The summed E-state index contributed by atoms with van der Waals surface area (Å²) >= 11 is 0. The lowest BCUT2D eigenvalue weighted by Gasteiger charge is -2.11. The number of halogens is 2. The average molecular weight is 359 g/mol. The van der Waals surface area contributed by atoms with Crippen molar-refractivity contribution in [2.45, 2.75) is 6.61 Å². The largest absolute Gasteiger partial charge is 0.434 e. The van der Waals surface area contributed by atoms with Crippen LogP contribution in [0.4, 0.5) is 8.78 Å². The van der Waals surface area contributed by atoms with Gasteiger partial charge in [-0.25, -0.2) is 0 Å². The predicted molar refractivity (Wildman–Crippen MR) is 90.9 cm³/mol. The Balaban J connectivity index is 1.75. The van der Waals surface area contributed by atoms with Crippen LogP contribution in [0.2, 0.25) is 0 Å². The molecule has 1 heterocycles. The number of alkyl halides is 2. The van der Waals surface area contributed by atoms with Gasteiger partial charge in [-0.15, -0.1) is 0 Å². The zero-order chi connectivity index (χ0) is 18.7. The summed E-state index contributed by atoms with van der Waals surface area (Å²) in [7, 11) is 1.80. The van der Waals surface area contributed by atoms with E-state index in [1.54, 1.807) is 29.9 Å². The second kappa shape index (κ2) is 7.22. The zero-order valence-corrected chi connectivity index (χ0v) is 13.7. The molecule has 0 saturated heterocycles. The maximum Gasteiger partial charge on any atom is 0.387 e. The van der Waals surface area contributed by atoms with Gasteiger partial charge >= 0.3 is 6.61 Å². The van der Waals surface area contributed by atoms with Crippen LogP contribution < -0.4 is 15.6 Å².